The van der Waals surface area contributed by atoms with E-state index in [0.717, 1.165) is 5.56 Å². The number of nitrogens with zero attached hydrogens (tertiary/aromatic N) is 2. The van der Waals surface area contributed by atoms with Crippen molar-refractivity contribution in [3.63, 3.8) is 0 Å². The minimum Gasteiger partial charge on any atom is -0.483 e. The Bertz CT molecular complexity index is 1060. The number of fused-ring (bicyclic) bond motifs is 2. The monoisotopic (exact) mass is 425 g/mol. The van der Waals surface area contributed by atoms with Crippen molar-refractivity contribution in [2.24, 2.45) is 0 Å². The van der Waals surface area contributed by atoms with Gasteiger partial charge in [0.25, 0.3) is 5.91 Å². The summed E-state index contributed by atoms with van der Waals surface area (Å²) >= 11 is 0. The number of ether oxygens (including phenoxy) is 2. The van der Waals surface area contributed by atoms with Gasteiger partial charge >= 0.3 is 6.09 Å². The molecule has 0 bridgehead atoms. The Balaban J connectivity index is 1.64. The number of hydrogen-bond donors (Lipinski definition) is 1. The number of nitrogens with one attached hydrogen (secondary N) is 1. The molecule has 1 N–H and O–H groups in total. The molecule has 0 aliphatic carbocycles. The van der Waals surface area contributed by atoms with Crippen molar-refractivity contribution in [1.82, 2.24) is 14.8 Å². The van der Waals surface area contributed by atoms with Crippen LogP contribution in [0.4, 0.5) is 4.79 Å². The molecular weight excluding hydrogens is 398 g/mol. The Hall–Kier alpha value is -3.29. The van der Waals surface area contributed by atoms with E-state index in [9.17, 15) is 14.4 Å². The van der Waals surface area contributed by atoms with Crippen molar-refractivity contribution in [3.8, 4) is 5.75 Å². The lowest BCUT2D eigenvalue weighted by molar-refractivity contribution is 0.0272. The quantitative estimate of drug-likeness (QED) is 0.816. The molecule has 1 saturated heterocycles. The van der Waals surface area contributed by atoms with Crippen molar-refractivity contribution in [2.75, 3.05) is 19.6 Å². The van der Waals surface area contributed by atoms with Gasteiger partial charge in [0.2, 0.25) is 5.43 Å². The number of benzene rings is 1. The summed E-state index contributed by atoms with van der Waals surface area (Å²) in [4.78, 5) is 39.6. The van der Waals surface area contributed by atoms with Crippen LogP contribution in [0.5, 0.6) is 5.75 Å². The van der Waals surface area contributed by atoms with E-state index in [0.29, 0.717) is 26.1 Å². The molecule has 2 aliphatic heterocycles. The van der Waals surface area contributed by atoms with Gasteiger partial charge < -0.3 is 24.3 Å². The number of pyridine rings is 1. The van der Waals surface area contributed by atoms with E-state index in [4.69, 9.17) is 9.47 Å². The molecule has 1 aromatic carbocycles. The average molecular weight is 425 g/mol. The van der Waals surface area contributed by atoms with Crippen LogP contribution in [0.1, 0.15) is 43.2 Å². The molecule has 1 fully saturated rings. The van der Waals surface area contributed by atoms with Crippen LogP contribution >= 0.6 is 0 Å². The lowest BCUT2D eigenvalue weighted by atomic mass is 9.94. The van der Waals surface area contributed by atoms with Crippen molar-refractivity contribution in [1.29, 1.82) is 0 Å². The molecule has 1 aromatic heterocycles. The summed E-state index contributed by atoms with van der Waals surface area (Å²) in [7, 11) is 0. The van der Waals surface area contributed by atoms with Gasteiger partial charge in [-0.2, -0.15) is 0 Å². The molecule has 0 radical (unpaired) electrons. The maximum absolute atomic E-state index is 12.8. The maximum Gasteiger partial charge on any atom is 0.410 e. The molecule has 31 heavy (non-hydrogen) atoms. The van der Waals surface area contributed by atoms with Crippen LogP contribution < -0.4 is 15.5 Å². The highest BCUT2D eigenvalue weighted by molar-refractivity contribution is 5.96. The summed E-state index contributed by atoms with van der Waals surface area (Å²) in [6.07, 6.45) is 1.87. The van der Waals surface area contributed by atoms with E-state index < -0.39 is 11.1 Å². The van der Waals surface area contributed by atoms with Gasteiger partial charge in [-0.3, -0.25) is 9.59 Å². The molecule has 2 aliphatic rings. The van der Waals surface area contributed by atoms with Gasteiger partial charge in [0.1, 0.15) is 12.2 Å². The van der Waals surface area contributed by atoms with E-state index >= 15 is 0 Å². The predicted octanol–water partition coefficient (Wildman–Crippen LogP) is 2.51. The normalized spacial score (nSPS) is 20.4. The van der Waals surface area contributed by atoms with Gasteiger partial charge in [-0.25, -0.2) is 4.79 Å². The first-order valence-corrected chi connectivity index (χ1v) is 10.4. The van der Waals surface area contributed by atoms with Gasteiger partial charge in [-0.15, -0.1) is 0 Å². The van der Waals surface area contributed by atoms with Crippen LogP contribution in [0, 0.1) is 0 Å². The summed E-state index contributed by atoms with van der Waals surface area (Å²) < 4.78 is 13.1. The first-order valence-electron chi connectivity index (χ1n) is 10.4. The van der Waals surface area contributed by atoms with E-state index in [1.54, 1.807) is 15.7 Å². The molecule has 2 amide bonds. The van der Waals surface area contributed by atoms with E-state index in [2.05, 4.69) is 5.32 Å². The third kappa shape index (κ3) is 4.15. The average Bonchev–Trinajstić information content (AvgIpc) is 3.15. The summed E-state index contributed by atoms with van der Waals surface area (Å²) in [6.45, 7) is 6.89. The molecule has 0 saturated carbocycles. The number of aromatic nitrogens is 1. The number of carbonyl (C=O) groups is 2. The standard InChI is InChI=1S/C23H27N3O5/c1-22(2,3)31-21(29)25-12-10-23(15-25)14-24-20(28)18-19(17(27)9-11-26(18)23)30-13-16-7-5-4-6-8-16/h4-9,11H,10,12-15H2,1-3H3,(H,24,28). The van der Waals surface area contributed by atoms with Gasteiger partial charge in [0.05, 0.1) is 5.54 Å². The minimum absolute atomic E-state index is 0.0265. The Morgan fingerprint density at radius 3 is 2.61 bits per heavy atom. The summed E-state index contributed by atoms with van der Waals surface area (Å²) in [5.41, 5.74) is -0.405. The zero-order valence-electron chi connectivity index (χ0n) is 18.0. The van der Waals surface area contributed by atoms with Crippen LogP contribution in [-0.4, -0.2) is 46.7 Å². The zero-order chi connectivity index (χ0) is 22.2. The molecule has 1 atom stereocenters. The summed E-state index contributed by atoms with van der Waals surface area (Å²) in [6, 6.07) is 10.9. The van der Waals surface area contributed by atoms with Crippen LogP contribution in [0.25, 0.3) is 0 Å². The molecular formula is C23H27N3O5. The van der Waals surface area contributed by atoms with Crippen molar-refractivity contribution < 1.29 is 19.1 Å². The summed E-state index contributed by atoms with van der Waals surface area (Å²) in [5, 5.41) is 2.89. The highest BCUT2D eigenvalue weighted by Gasteiger charge is 2.47. The zero-order valence-corrected chi connectivity index (χ0v) is 18.0. The number of likely N-dealkylation sites (tertiary alicyclic amines) is 1. The van der Waals surface area contributed by atoms with Crippen LogP contribution in [0.3, 0.4) is 0 Å². The smallest absolute Gasteiger partial charge is 0.410 e. The van der Waals surface area contributed by atoms with Gasteiger partial charge in [-0.05, 0) is 32.8 Å². The van der Waals surface area contributed by atoms with Crippen LogP contribution in [0.15, 0.2) is 47.4 Å². The number of hydrogen-bond acceptors (Lipinski definition) is 5. The summed E-state index contributed by atoms with van der Waals surface area (Å²) in [5.74, 6) is -0.333. The Kier molecular flexibility index (Phi) is 5.24. The molecule has 164 valence electrons. The second-order valence-corrected chi connectivity index (χ2v) is 9.06. The van der Waals surface area contributed by atoms with E-state index in [1.807, 2.05) is 51.1 Å². The fourth-order valence-corrected chi connectivity index (χ4v) is 4.09. The number of amides is 2. The molecule has 8 heteroatoms. The molecule has 3 heterocycles. The van der Waals surface area contributed by atoms with E-state index in [1.165, 1.54) is 6.07 Å². The third-order valence-electron chi connectivity index (χ3n) is 5.57. The predicted molar refractivity (Wildman–Crippen MR) is 114 cm³/mol. The Morgan fingerprint density at radius 1 is 1.16 bits per heavy atom. The Morgan fingerprint density at radius 2 is 1.90 bits per heavy atom. The fraction of sp³-hybridized carbons (Fsp3) is 0.435. The molecule has 8 nitrogen and oxygen atoms in total. The molecule has 2 aromatic rings. The maximum atomic E-state index is 12.8. The molecule has 4 rings (SSSR count). The SMILES string of the molecule is CC(C)(C)OC(=O)N1CCC2(CNC(=O)c3c(OCc4ccccc4)c(=O)ccn32)C1. The van der Waals surface area contributed by atoms with Crippen molar-refractivity contribution in [3.05, 3.63) is 64.1 Å². The van der Waals surface area contributed by atoms with Crippen molar-refractivity contribution in [2.45, 2.75) is 44.9 Å². The largest absolute Gasteiger partial charge is 0.483 e. The topological polar surface area (TPSA) is 89.9 Å². The highest BCUT2D eigenvalue weighted by atomic mass is 16.6. The second kappa shape index (κ2) is 7.76. The van der Waals surface area contributed by atoms with E-state index in [-0.39, 0.29) is 35.5 Å². The molecule has 1 spiro atoms. The van der Waals surface area contributed by atoms with Crippen LogP contribution in [-0.2, 0) is 16.9 Å². The lowest BCUT2D eigenvalue weighted by Gasteiger charge is -2.38. The fourth-order valence-electron chi connectivity index (χ4n) is 4.09. The molecule has 1 unspecified atom stereocenters. The Labute approximate surface area is 180 Å². The highest BCUT2D eigenvalue weighted by Crippen LogP contribution is 2.35. The third-order valence-corrected chi connectivity index (χ3v) is 5.57. The first-order chi connectivity index (χ1) is 14.7. The first kappa shape index (κ1) is 21.0. The van der Waals surface area contributed by atoms with Crippen LogP contribution in [0.2, 0.25) is 0 Å². The number of carbonyl (C=O) groups excluding carboxylic acids is 2. The van der Waals surface area contributed by atoms with Gasteiger partial charge in [0, 0.05) is 31.9 Å². The van der Waals surface area contributed by atoms with Crippen molar-refractivity contribution >= 4 is 12.0 Å². The minimum atomic E-state index is -0.589. The van der Waals surface area contributed by atoms with Gasteiger partial charge in [-0.1, -0.05) is 30.3 Å². The lowest BCUT2D eigenvalue weighted by Crippen LogP contribution is -2.54. The second-order valence-electron chi connectivity index (χ2n) is 9.06. The number of rotatable bonds is 3. The van der Waals surface area contributed by atoms with Gasteiger partial charge in [0.15, 0.2) is 11.4 Å².